The summed E-state index contributed by atoms with van der Waals surface area (Å²) < 4.78 is 37.4. The Kier molecular flexibility index (Phi) is 5.44. The van der Waals surface area contributed by atoms with Crippen LogP contribution in [0.1, 0.15) is 26.7 Å². The predicted octanol–water partition coefficient (Wildman–Crippen LogP) is 2.03. The van der Waals surface area contributed by atoms with E-state index < -0.39 is 12.7 Å². The number of halogens is 3. The van der Waals surface area contributed by atoms with Crippen molar-refractivity contribution >= 4 is 5.91 Å². The molecule has 0 aromatic heterocycles. The number of piperidine rings is 1. The first-order chi connectivity index (χ1) is 8.29. The summed E-state index contributed by atoms with van der Waals surface area (Å²) in [5, 5.41) is 3.06. The van der Waals surface area contributed by atoms with Crippen LogP contribution < -0.4 is 5.32 Å². The van der Waals surface area contributed by atoms with E-state index in [9.17, 15) is 18.0 Å². The van der Waals surface area contributed by atoms with Gasteiger partial charge in [0.15, 0.2) is 0 Å². The number of nitrogens with one attached hydrogen (secondary N) is 1. The molecule has 1 aliphatic heterocycles. The average Bonchev–Trinajstić information content (AvgIpc) is 2.26. The lowest BCUT2D eigenvalue weighted by Crippen LogP contribution is -2.47. The summed E-state index contributed by atoms with van der Waals surface area (Å²) >= 11 is 0. The Morgan fingerprint density at radius 2 is 2.11 bits per heavy atom. The van der Waals surface area contributed by atoms with E-state index >= 15 is 0 Å². The largest absolute Gasteiger partial charge is 0.406 e. The Morgan fingerprint density at radius 3 is 2.56 bits per heavy atom. The first kappa shape index (κ1) is 15.3. The van der Waals surface area contributed by atoms with Crippen LogP contribution in [0.25, 0.3) is 0 Å². The number of nitrogens with zero attached hydrogens (tertiary/aromatic N) is 1. The van der Waals surface area contributed by atoms with Crippen molar-refractivity contribution in [2.24, 2.45) is 11.8 Å². The summed E-state index contributed by atoms with van der Waals surface area (Å²) in [5.74, 6) is -0.638. The molecule has 0 saturated carbocycles. The van der Waals surface area contributed by atoms with Gasteiger partial charge in [-0.05, 0) is 25.3 Å². The predicted molar refractivity (Wildman–Crippen MR) is 63.1 cm³/mol. The van der Waals surface area contributed by atoms with Crippen molar-refractivity contribution in [3.63, 3.8) is 0 Å². The van der Waals surface area contributed by atoms with Crippen LogP contribution in [0.3, 0.4) is 0 Å². The third kappa shape index (κ3) is 5.25. The van der Waals surface area contributed by atoms with Gasteiger partial charge in [0, 0.05) is 13.1 Å². The Labute approximate surface area is 106 Å². The topological polar surface area (TPSA) is 32.3 Å². The van der Waals surface area contributed by atoms with E-state index in [1.54, 1.807) is 0 Å². The highest BCUT2D eigenvalue weighted by Crippen LogP contribution is 2.21. The first-order valence-electron chi connectivity index (χ1n) is 6.36. The third-order valence-electron chi connectivity index (χ3n) is 2.91. The molecule has 0 bridgehead atoms. The summed E-state index contributed by atoms with van der Waals surface area (Å²) in [6, 6.07) is 0. The molecule has 1 saturated heterocycles. The van der Waals surface area contributed by atoms with Gasteiger partial charge in [-0.25, -0.2) is 0 Å². The van der Waals surface area contributed by atoms with Crippen molar-refractivity contribution < 1.29 is 18.0 Å². The minimum Gasteiger partial charge on any atom is -0.333 e. The molecule has 0 radical (unpaired) electrons. The van der Waals surface area contributed by atoms with Crippen LogP contribution in [0, 0.1) is 11.8 Å². The van der Waals surface area contributed by atoms with Crippen LogP contribution >= 0.6 is 0 Å². The summed E-state index contributed by atoms with van der Waals surface area (Å²) in [4.78, 5) is 13.1. The lowest BCUT2D eigenvalue weighted by atomic mass is 9.97. The fourth-order valence-electron chi connectivity index (χ4n) is 2.21. The highest BCUT2D eigenvalue weighted by Gasteiger charge is 2.35. The molecule has 1 N–H and O–H groups in total. The highest BCUT2D eigenvalue weighted by atomic mass is 19.4. The van der Waals surface area contributed by atoms with Crippen molar-refractivity contribution in [1.82, 2.24) is 10.2 Å². The van der Waals surface area contributed by atoms with Gasteiger partial charge in [0.2, 0.25) is 5.91 Å². The number of hydrogen-bond acceptors (Lipinski definition) is 2. The molecular formula is C12H21F3N2O. The quantitative estimate of drug-likeness (QED) is 0.844. The minimum atomic E-state index is -4.33. The molecule has 1 rings (SSSR count). The van der Waals surface area contributed by atoms with E-state index in [1.807, 2.05) is 13.8 Å². The highest BCUT2D eigenvalue weighted by molar-refractivity contribution is 5.79. The first-order valence-corrected chi connectivity index (χ1v) is 6.36. The minimum absolute atomic E-state index is 0.0350. The van der Waals surface area contributed by atoms with Crippen molar-refractivity contribution in [3.05, 3.63) is 0 Å². The number of hydrogen-bond donors (Lipinski definition) is 1. The van der Waals surface area contributed by atoms with Gasteiger partial charge in [0.25, 0.3) is 0 Å². The summed E-state index contributed by atoms with van der Waals surface area (Å²) in [6.45, 7) is 3.99. The normalized spacial score (nSPS) is 21.1. The maximum Gasteiger partial charge on any atom is 0.406 e. The molecule has 0 aromatic rings. The van der Waals surface area contributed by atoms with Crippen molar-refractivity contribution in [3.8, 4) is 0 Å². The zero-order chi connectivity index (χ0) is 13.8. The monoisotopic (exact) mass is 266 g/mol. The zero-order valence-corrected chi connectivity index (χ0v) is 10.9. The zero-order valence-electron chi connectivity index (χ0n) is 10.9. The average molecular weight is 266 g/mol. The summed E-state index contributed by atoms with van der Waals surface area (Å²) in [6.07, 6.45) is -2.80. The van der Waals surface area contributed by atoms with E-state index in [2.05, 4.69) is 5.32 Å². The third-order valence-corrected chi connectivity index (χ3v) is 2.91. The molecule has 1 aliphatic rings. The van der Waals surface area contributed by atoms with Crippen molar-refractivity contribution in [2.75, 3.05) is 26.2 Å². The standard InChI is InChI=1S/C12H21F3N2O/c1-9(2)7-17(8-12(13,14)15)11(18)10-4-3-5-16-6-10/h9-10,16H,3-8H2,1-2H3/t10-/m0/s1. The molecular weight excluding hydrogens is 245 g/mol. The van der Waals surface area contributed by atoms with Crippen LogP contribution in [0.4, 0.5) is 13.2 Å². The van der Waals surface area contributed by atoms with Crippen LogP contribution in [0.5, 0.6) is 0 Å². The summed E-state index contributed by atoms with van der Waals surface area (Å²) in [5.41, 5.74) is 0. The maximum atomic E-state index is 12.5. The van der Waals surface area contributed by atoms with Crippen molar-refractivity contribution in [2.45, 2.75) is 32.9 Å². The molecule has 6 heteroatoms. The van der Waals surface area contributed by atoms with Gasteiger partial charge in [-0.1, -0.05) is 13.8 Å². The number of alkyl halides is 3. The number of carbonyl (C=O) groups excluding carboxylic acids is 1. The molecule has 1 fully saturated rings. The molecule has 3 nitrogen and oxygen atoms in total. The Morgan fingerprint density at radius 1 is 1.44 bits per heavy atom. The second-order valence-corrected chi connectivity index (χ2v) is 5.27. The molecule has 0 spiro atoms. The maximum absolute atomic E-state index is 12.5. The molecule has 0 aromatic carbocycles. The van der Waals surface area contributed by atoms with E-state index in [1.165, 1.54) is 0 Å². The van der Waals surface area contributed by atoms with Crippen LogP contribution in [-0.2, 0) is 4.79 Å². The molecule has 1 amide bonds. The van der Waals surface area contributed by atoms with Gasteiger partial charge in [-0.3, -0.25) is 4.79 Å². The summed E-state index contributed by atoms with van der Waals surface area (Å²) in [7, 11) is 0. The lowest BCUT2D eigenvalue weighted by molar-refractivity contribution is -0.165. The van der Waals surface area contributed by atoms with Gasteiger partial charge in [0.05, 0.1) is 5.92 Å². The van der Waals surface area contributed by atoms with Crippen LogP contribution in [0.15, 0.2) is 0 Å². The fraction of sp³-hybridized carbons (Fsp3) is 0.917. The van der Waals surface area contributed by atoms with E-state index in [0.717, 1.165) is 17.9 Å². The van der Waals surface area contributed by atoms with Gasteiger partial charge < -0.3 is 10.2 Å². The Hall–Kier alpha value is -0.780. The molecule has 1 heterocycles. The second kappa shape index (κ2) is 6.41. The molecule has 106 valence electrons. The molecule has 18 heavy (non-hydrogen) atoms. The number of rotatable bonds is 4. The van der Waals surface area contributed by atoms with Gasteiger partial charge >= 0.3 is 6.18 Å². The van der Waals surface area contributed by atoms with Gasteiger partial charge in [-0.2, -0.15) is 13.2 Å². The molecule has 0 unspecified atom stereocenters. The van der Waals surface area contributed by atoms with E-state index in [4.69, 9.17) is 0 Å². The van der Waals surface area contributed by atoms with Gasteiger partial charge in [0.1, 0.15) is 6.54 Å². The Balaban J connectivity index is 2.65. The van der Waals surface area contributed by atoms with E-state index in [-0.39, 0.29) is 24.3 Å². The smallest absolute Gasteiger partial charge is 0.333 e. The molecule has 0 aliphatic carbocycles. The number of carbonyl (C=O) groups is 1. The van der Waals surface area contributed by atoms with Crippen LogP contribution in [0.2, 0.25) is 0 Å². The number of amides is 1. The van der Waals surface area contributed by atoms with Crippen molar-refractivity contribution in [1.29, 1.82) is 0 Å². The van der Waals surface area contributed by atoms with Crippen LogP contribution in [-0.4, -0.2) is 43.2 Å². The lowest BCUT2D eigenvalue weighted by Gasteiger charge is -2.31. The fourth-order valence-corrected chi connectivity index (χ4v) is 2.21. The Bertz CT molecular complexity index is 273. The SMILES string of the molecule is CC(C)CN(CC(F)(F)F)C(=O)[C@H]1CCCNC1. The van der Waals surface area contributed by atoms with E-state index in [0.29, 0.717) is 13.0 Å². The van der Waals surface area contributed by atoms with Gasteiger partial charge in [-0.15, -0.1) is 0 Å². The molecule has 1 atom stereocenters. The second-order valence-electron chi connectivity index (χ2n) is 5.27.